The van der Waals surface area contributed by atoms with Crippen LogP contribution in [0.1, 0.15) is 33.1 Å². The average molecular weight is 183 g/mol. The number of hydrogen-bond acceptors (Lipinski definition) is 2. The van der Waals surface area contributed by atoms with E-state index < -0.39 is 0 Å². The Morgan fingerprint density at radius 2 is 2.08 bits per heavy atom. The minimum atomic E-state index is 0.446. The molecule has 13 heavy (non-hydrogen) atoms. The lowest BCUT2D eigenvalue weighted by Crippen LogP contribution is -2.36. The molecule has 2 N–H and O–H groups in total. The van der Waals surface area contributed by atoms with E-state index in [4.69, 9.17) is 10.5 Å². The van der Waals surface area contributed by atoms with Crippen LogP contribution in [-0.2, 0) is 4.74 Å². The van der Waals surface area contributed by atoms with Crippen LogP contribution in [-0.4, -0.2) is 18.8 Å². The van der Waals surface area contributed by atoms with Gasteiger partial charge in [0.15, 0.2) is 0 Å². The molecule has 2 aliphatic rings. The molecular formula is C11H21NO. The predicted molar refractivity (Wildman–Crippen MR) is 53.4 cm³/mol. The lowest BCUT2D eigenvalue weighted by atomic mass is 9.72. The largest absolute Gasteiger partial charge is 0.375 e. The van der Waals surface area contributed by atoms with E-state index in [0.717, 1.165) is 18.4 Å². The summed E-state index contributed by atoms with van der Waals surface area (Å²) in [6, 6.07) is 0. The van der Waals surface area contributed by atoms with Crippen LogP contribution in [0.3, 0.4) is 0 Å². The summed E-state index contributed by atoms with van der Waals surface area (Å²) in [5.74, 6) is 2.17. The molecule has 1 heterocycles. The zero-order valence-electron chi connectivity index (χ0n) is 8.70. The minimum absolute atomic E-state index is 0.446. The maximum absolute atomic E-state index is 5.95. The van der Waals surface area contributed by atoms with E-state index in [1.165, 1.54) is 19.3 Å². The molecule has 76 valence electrons. The van der Waals surface area contributed by atoms with Crippen LogP contribution < -0.4 is 5.73 Å². The fourth-order valence-corrected chi connectivity index (χ4v) is 3.18. The number of ether oxygens (including phenoxy) is 1. The molecule has 5 atom stereocenters. The molecule has 0 bridgehead atoms. The van der Waals surface area contributed by atoms with Crippen LogP contribution in [0.15, 0.2) is 0 Å². The van der Waals surface area contributed by atoms with E-state index in [1.54, 1.807) is 0 Å². The van der Waals surface area contributed by atoms with Crippen LogP contribution in [0.25, 0.3) is 0 Å². The summed E-state index contributed by atoms with van der Waals surface area (Å²) in [6.45, 7) is 5.38. The molecule has 0 amide bonds. The summed E-state index contributed by atoms with van der Waals surface area (Å²) in [6.07, 6.45) is 4.85. The van der Waals surface area contributed by atoms with Crippen molar-refractivity contribution in [3.05, 3.63) is 0 Å². The average Bonchev–Trinajstić information content (AvgIpc) is 2.43. The highest BCUT2D eigenvalue weighted by atomic mass is 16.5. The smallest absolute Gasteiger partial charge is 0.0613 e. The van der Waals surface area contributed by atoms with Gasteiger partial charge in [-0.3, -0.25) is 0 Å². The number of hydrogen-bond donors (Lipinski definition) is 1. The number of nitrogens with two attached hydrogens (primary N) is 1. The van der Waals surface area contributed by atoms with Crippen LogP contribution in [0, 0.1) is 17.8 Å². The monoisotopic (exact) mass is 183 g/mol. The minimum Gasteiger partial charge on any atom is -0.375 e. The van der Waals surface area contributed by atoms with Crippen LogP contribution in [0.2, 0.25) is 0 Å². The molecule has 1 aliphatic heterocycles. The molecule has 0 aromatic carbocycles. The van der Waals surface area contributed by atoms with Gasteiger partial charge in [0.05, 0.1) is 12.2 Å². The Kier molecular flexibility index (Phi) is 2.61. The van der Waals surface area contributed by atoms with Gasteiger partial charge >= 0.3 is 0 Å². The van der Waals surface area contributed by atoms with Crippen LogP contribution in [0.4, 0.5) is 0 Å². The van der Waals surface area contributed by atoms with E-state index in [0.29, 0.717) is 18.1 Å². The Morgan fingerprint density at radius 1 is 1.31 bits per heavy atom. The first kappa shape index (κ1) is 9.47. The predicted octanol–water partition coefficient (Wildman–Crippen LogP) is 1.78. The molecule has 0 radical (unpaired) electrons. The second-order valence-corrected chi connectivity index (χ2v) is 4.74. The van der Waals surface area contributed by atoms with E-state index in [1.807, 2.05) is 0 Å². The Morgan fingerprint density at radius 3 is 2.77 bits per heavy atom. The summed E-state index contributed by atoms with van der Waals surface area (Å²) in [5.41, 5.74) is 5.81. The lowest BCUT2D eigenvalue weighted by Gasteiger charge is -2.33. The van der Waals surface area contributed by atoms with Gasteiger partial charge < -0.3 is 10.5 Å². The molecule has 1 saturated heterocycles. The Balaban J connectivity index is 2.11. The van der Waals surface area contributed by atoms with E-state index in [9.17, 15) is 0 Å². The third kappa shape index (κ3) is 1.50. The molecule has 2 heteroatoms. The zero-order chi connectivity index (χ0) is 9.42. The number of fused-ring (bicyclic) bond motifs is 1. The van der Waals surface area contributed by atoms with Crippen molar-refractivity contribution in [2.75, 3.05) is 6.54 Å². The summed E-state index contributed by atoms with van der Waals surface area (Å²) in [4.78, 5) is 0. The van der Waals surface area contributed by atoms with E-state index in [-0.39, 0.29) is 0 Å². The normalized spacial score (nSPS) is 50.5. The highest BCUT2D eigenvalue weighted by Gasteiger charge is 2.44. The van der Waals surface area contributed by atoms with Crippen molar-refractivity contribution in [1.29, 1.82) is 0 Å². The maximum Gasteiger partial charge on any atom is 0.0613 e. The van der Waals surface area contributed by atoms with Crippen LogP contribution >= 0.6 is 0 Å². The third-order valence-corrected chi connectivity index (χ3v) is 4.08. The molecule has 0 unspecified atom stereocenters. The summed E-state index contributed by atoms with van der Waals surface area (Å²) in [5, 5.41) is 0. The lowest BCUT2D eigenvalue weighted by molar-refractivity contribution is 0.0138. The van der Waals surface area contributed by atoms with E-state index in [2.05, 4.69) is 13.8 Å². The maximum atomic E-state index is 5.95. The van der Waals surface area contributed by atoms with Crippen LogP contribution in [0.5, 0.6) is 0 Å². The first-order valence-electron chi connectivity index (χ1n) is 5.59. The van der Waals surface area contributed by atoms with Crippen molar-refractivity contribution in [3.8, 4) is 0 Å². The quantitative estimate of drug-likeness (QED) is 0.672. The van der Waals surface area contributed by atoms with Crippen molar-refractivity contribution in [2.45, 2.75) is 45.3 Å². The van der Waals surface area contributed by atoms with Gasteiger partial charge in [0, 0.05) is 0 Å². The molecule has 0 spiro atoms. The standard InChI is InChI=1S/C11H21NO/c1-7-8(2)13-10-5-3-4-9(6-12)11(7)10/h7-11H,3-6,12H2,1-2H3/t7-,8+,9-,10-,11+/m1/s1. The summed E-state index contributed by atoms with van der Waals surface area (Å²) < 4.78 is 5.95. The van der Waals surface area contributed by atoms with Gasteiger partial charge in [-0.05, 0) is 44.1 Å². The Bertz CT molecular complexity index is 177. The highest BCUT2D eigenvalue weighted by molar-refractivity contribution is 4.93. The Labute approximate surface area is 80.8 Å². The molecule has 2 rings (SSSR count). The van der Waals surface area contributed by atoms with Crippen molar-refractivity contribution < 1.29 is 4.74 Å². The van der Waals surface area contributed by atoms with Gasteiger partial charge in [-0.2, -0.15) is 0 Å². The second kappa shape index (κ2) is 3.58. The molecule has 2 fully saturated rings. The van der Waals surface area contributed by atoms with Crippen molar-refractivity contribution in [1.82, 2.24) is 0 Å². The second-order valence-electron chi connectivity index (χ2n) is 4.74. The SMILES string of the molecule is C[C@H]1[C@H]2[C@@H](CN)CCC[C@H]2O[C@H]1C. The third-order valence-electron chi connectivity index (χ3n) is 4.08. The highest BCUT2D eigenvalue weighted by Crippen LogP contribution is 2.44. The van der Waals surface area contributed by atoms with Gasteiger partial charge in [-0.1, -0.05) is 13.3 Å². The molecule has 0 aromatic rings. The van der Waals surface area contributed by atoms with Crippen molar-refractivity contribution in [3.63, 3.8) is 0 Å². The van der Waals surface area contributed by atoms with Gasteiger partial charge in [0.1, 0.15) is 0 Å². The first-order valence-corrected chi connectivity index (χ1v) is 5.59. The Hall–Kier alpha value is -0.0800. The van der Waals surface area contributed by atoms with Crippen molar-refractivity contribution >= 4 is 0 Å². The van der Waals surface area contributed by atoms with Crippen molar-refractivity contribution in [2.24, 2.45) is 23.5 Å². The molecule has 1 aliphatic carbocycles. The van der Waals surface area contributed by atoms with E-state index >= 15 is 0 Å². The summed E-state index contributed by atoms with van der Waals surface area (Å²) in [7, 11) is 0. The summed E-state index contributed by atoms with van der Waals surface area (Å²) >= 11 is 0. The molecular weight excluding hydrogens is 162 g/mol. The van der Waals surface area contributed by atoms with Gasteiger partial charge in [0.2, 0.25) is 0 Å². The number of rotatable bonds is 1. The zero-order valence-corrected chi connectivity index (χ0v) is 8.70. The fraction of sp³-hybridized carbons (Fsp3) is 1.00. The fourth-order valence-electron chi connectivity index (χ4n) is 3.18. The topological polar surface area (TPSA) is 35.2 Å². The van der Waals surface area contributed by atoms with Gasteiger partial charge in [0.25, 0.3) is 0 Å². The molecule has 1 saturated carbocycles. The molecule has 2 nitrogen and oxygen atoms in total. The van der Waals surface area contributed by atoms with Gasteiger partial charge in [-0.15, -0.1) is 0 Å². The van der Waals surface area contributed by atoms with Gasteiger partial charge in [-0.25, -0.2) is 0 Å². The first-order chi connectivity index (χ1) is 6.24. The molecule has 0 aromatic heterocycles.